The summed E-state index contributed by atoms with van der Waals surface area (Å²) in [5.41, 5.74) is 1.73. The van der Waals surface area contributed by atoms with Crippen LogP contribution in [0.2, 0.25) is 0 Å². The van der Waals surface area contributed by atoms with E-state index in [1.807, 2.05) is 37.3 Å². The standard InChI is InChI=1S/C35H29N5O7S2/c1-4-46-25-14-11-22(12-15-25)31-29(33(43)47-5-2)30(21-9-7-6-8-10-21)38-35-39(31)32(42)27(49-35)19-23-18-24(40(44)45)13-16-26(23)48-34-36-20(3)17-28(41)37-34/h6-19,31H,4-5H2,1-3H3,(H,36,37,41)/b27-19-/t31-/m1/s1. The van der Waals surface area contributed by atoms with Crippen molar-refractivity contribution in [3.05, 3.63) is 147 Å². The molecule has 14 heteroatoms. The number of nitrogens with zero attached hydrogens (tertiary/aromatic N) is 4. The number of thiazole rings is 1. The summed E-state index contributed by atoms with van der Waals surface area (Å²) < 4.78 is 12.8. The fraction of sp³-hybridized carbons (Fsp3) is 0.171. The summed E-state index contributed by atoms with van der Waals surface area (Å²) in [5, 5.41) is 12.1. The minimum absolute atomic E-state index is 0.110. The number of benzene rings is 3. The zero-order valence-corrected chi connectivity index (χ0v) is 28.2. The smallest absolute Gasteiger partial charge is 0.338 e. The van der Waals surface area contributed by atoms with E-state index in [0.717, 1.165) is 23.1 Å². The molecule has 0 spiro atoms. The summed E-state index contributed by atoms with van der Waals surface area (Å²) in [6.45, 7) is 5.85. The van der Waals surface area contributed by atoms with Crippen LogP contribution in [0.15, 0.2) is 109 Å². The first-order chi connectivity index (χ1) is 23.7. The second-order valence-electron chi connectivity index (χ2n) is 10.7. The predicted molar refractivity (Wildman–Crippen MR) is 185 cm³/mol. The van der Waals surface area contributed by atoms with Gasteiger partial charge in [0.1, 0.15) is 5.75 Å². The zero-order valence-electron chi connectivity index (χ0n) is 26.5. The lowest BCUT2D eigenvalue weighted by molar-refractivity contribution is -0.384. The SMILES string of the molecule is CCOC(=O)C1=C(c2ccccc2)N=c2s/c(=C\c3cc([N+](=O)[O-])ccc3Sc3nc(C)cc(=O)[nH]3)c(=O)n2[C@@H]1c1ccc(OCC)cc1. The van der Waals surface area contributed by atoms with E-state index < -0.39 is 22.5 Å². The van der Waals surface area contributed by atoms with E-state index in [1.54, 1.807) is 50.3 Å². The van der Waals surface area contributed by atoms with Crippen molar-refractivity contribution < 1.29 is 19.2 Å². The van der Waals surface area contributed by atoms with Gasteiger partial charge in [-0.3, -0.25) is 24.3 Å². The molecule has 248 valence electrons. The number of carbonyl (C=O) groups excluding carboxylic acids is 1. The average Bonchev–Trinajstić information content (AvgIpc) is 3.39. The molecule has 0 fully saturated rings. The lowest BCUT2D eigenvalue weighted by atomic mass is 9.93. The minimum atomic E-state index is -0.913. The Hall–Kier alpha value is -5.60. The Morgan fingerprint density at radius 1 is 1.06 bits per heavy atom. The number of esters is 1. The Kier molecular flexibility index (Phi) is 9.69. The van der Waals surface area contributed by atoms with E-state index in [-0.39, 0.29) is 33.1 Å². The highest BCUT2D eigenvalue weighted by Crippen LogP contribution is 2.36. The van der Waals surface area contributed by atoms with Gasteiger partial charge in [-0.1, -0.05) is 65.6 Å². The lowest BCUT2D eigenvalue weighted by Gasteiger charge is -2.26. The van der Waals surface area contributed by atoms with Gasteiger partial charge in [0.05, 0.1) is 40.0 Å². The Morgan fingerprint density at radius 2 is 1.82 bits per heavy atom. The molecule has 0 bridgehead atoms. The van der Waals surface area contributed by atoms with Crippen molar-refractivity contribution in [3.63, 3.8) is 0 Å². The highest BCUT2D eigenvalue weighted by Gasteiger charge is 2.35. The number of carbonyl (C=O) groups is 1. The summed E-state index contributed by atoms with van der Waals surface area (Å²) in [7, 11) is 0. The van der Waals surface area contributed by atoms with Crippen LogP contribution in [0, 0.1) is 17.0 Å². The van der Waals surface area contributed by atoms with Gasteiger partial charge in [-0.15, -0.1) is 0 Å². The molecular formula is C35H29N5O7S2. The zero-order chi connectivity index (χ0) is 34.7. The van der Waals surface area contributed by atoms with Gasteiger partial charge < -0.3 is 14.5 Å². The molecule has 3 heterocycles. The van der Waals surface area contributed by atoms with Crippen molar-refractivity contribution in [2.45, 2.75) is 36.9 Å². The lowest BCUT2D eigenvalue weighted by Crippen LogP contribution is -2.40. The number of nitro groups is 1. The van der Waals surface area contributed by atoms with Gasteiger partial charge in [-0.05, 0) is 56.2 Å². The summed E-state index contributed by atoms with van der Waals surface area (Å²) in [6, 6.07) is 21.0. The number of hydrogen-bond donors (Lipinski definition) is 1. The third kappa shape index (κ3) is 7.00. The molecule has 12 nitrogen and oxygen atoms in total. The van der Waals surface area contributed by atoms with Crippen LogP contribution in [0.5, 0.6) is 5.75 Å². The maximum Gasteiger partial charge on any atom is 0.338 e. The molecule has 1 atom stereocenters. The number of aromatic amines is 1. The van der Waals surface area contributed by atoms with E-state index in [9.17, 15) is 24.5 Å². The van der Waals surface area contributed by atoms with Crippen LogP contribution in [0.3, 0.4) is 0 Å². The topological polar surface area (TPSA) is 159 Å². The van der Waals surface area contributed by atoms with Crippen LogP contribution >= 0.6 is 23.1 Å². The summed E-state index contributed by atoms with van der Waals surface area (Å²) in [4.78, 5) is 64.2. The van der Waals surface area contributed by atoms with Crippen molar-refractivity contribution in [1.29, 1.82) is 0 Å². The van der Waals surface area contributed by atoms with Crippen LogP contribution in [-0.2, 0) is 9.53 Å². The second-order valence-corrected chi connectivity index (χ2v) is 12.7. The van der Waals surface area contributed by atoms with Crippen LogP contribution in [-0.4, -0.2) is 38.6 Å². The van der Waals surface area contributed by atoms with Gasteiger partial charge >= 0.3 is 5.97 Å². The fourth-order valence-corrected chi connectivity index (χ4v) is 7.28. The molecule has 0 amide bonds. The molecule has 3 aromatic carbocycles. The number of ether oxygens (including phenoxy) is 2. The van der Waals surface area contributed by atoms with Crippen molar-refractivity contribution >= 4 is 46.5 Å². The number of nitrogens with one attached hydrogen (secondary N) is 1. The Morgan fingerprint density at radius 3 is 2.49 bits per heavy atom. The van der Waals surface area contributed by atoms with E-state index >= 15 is 0 Å². The van der Waals surface area contributed by atoms with E-state index in [2.05, 4.69) is 9.97 Å². The highest BCUT2D eigenvalue weighted by molar-refractivity contribution is 7.99. The Balaban J connectivity index is 1.60. The summed E-state index contributed by atoms with van der Waals surface area (Å²) in [6.07, 6.45) is 1.55. The molecule has 0 radical (unpaired) electrons. The minimum Gasteiger partial charge on any atom is -0.494 e. The van der Waals surface area contributed by atoms with Crippen LogP contribution in [0.25, 0.3) is 11.8 Å². The molecule has 1 N–H and O–H groups in total. The summed E-state index contributed by atoms with van der Waals surface area (Å²) >= 11 is 2.19. The number of fused-ring (bicyclic) bond motifs is 1. The first kappa shape index (κ1) is 33.3. The number of H-pyrrole nitrogens is 1. The molecular weight excluding hydrogens is 667 g/mol. The molecule has 1 aliphatic heterocycles. The molecule has 1 aliphatic rings. The Labute approximate surface area is 287 Å². The molecule has 49 heavy (non-hydrogen) atoms. The van der Waals surface area contributed by atoms with Gasteiger partial charge in [0.15, 0.2) is 9.96 Å². The number of nitro benzene ring substituents is 1. The monoisotopic (exact) mass is 695 g/mol. The fourth-order valence-electron chi connectivity index (χ4n) is 5.37. The van der Waals surface area contributed by atoms with Crippen molar-refractivity contribution in [1.82, 2.24) is 14.5 Å². The molecule has 0 unspecified atom stereocenters. The van der Waals surface area contributed by atoms with Gasteiger partial charge in [0.2, 0.25) is 0 Å². The number of aryl methyl sites for hydroxylation is 1. The maximum atomic E-state index is 14.4. The van der Waals surface area contributed by atoms with E-state index in [4.69, 9.17) is 14.5 Å². The first-order valence-electron chi connectivity index (χ1n) is 15.2. The summed E-state index contributed by atoms with van der Waals surface area (Å²) in [5.74, 6) is 0.0130. The maximum absolute atomic E-state index is 14.4. The average molecular weight is 696 g/mol. The normalized spacial score (nSPS) is 14.3. The van der Waals surface area contributed by atoms with Crippen molar-refractivity contribution in [2.75, 3.05) is 13.2 Å². The van der Waals surface area contributed by atoms with Crippen LogP contribution < -0.4 is 25.2 Å². The third-order valence-electron chi connectivity index (χ3n) is 7.43. The van der Waals surface area contributed by atoms with Crippen LogP contribution in [0.1, 0.15) is 42.3 Å². The Bertz CT molecular complexity index is 2350. The number of hydrogen-bond acceptors (Lipinski definition) is 11. The first-order valence-corrected chi connectivity index (χ1v) is 16.9. The van der Waals surface area contributed by atoms with E-state index in [1.165, 1.54) is 22.8 Å². The molecule has 0 aliphatic carbocycles. The highest BCUT2D eigenvalue weighted by atomic mass is 32.2. The quantitative estimate of drug-likeness (QED) is 0.0939. The van der Waals surface area contributed by atoms with Gasteiger partial charge in [0.25, 0.3) is 16.8 Å². The molecule has 2 aromatic heterocycles. The van der Waals surface area contributed by atoms with Gasteiger partial charge in [-0.2, -0.15) is 0 Å². The van der Waals surface area contributed by atoms with Crippen molar-refractivity contribution in [2.24, 2.45) is 4.99 Å². The van der Waals surface area contributed by atoms with Gasteiger partial charge in [-0.25, -0.2) is 14.8 Å². The molecule has 5 aromatic rings. The van der Waals surface area contributed by atoms with Crippen LogP contribution in [0.4, 0.5) is 5.69 Å². The second kappa shape index (κ2) is 14.3. The third-order valence-corrected chi connectivity index (χ3v) is 9.39. The van der Waals surface area contributed by atoms with Gasteiger partial charge in [0, 0.05) is 34.4 Å². The van der Waals surface area contributed by atoms with Crippen molar-refractivity contribution in [3.8, 4) is 5.75 Å². The number of non-ortho nitro benzene ring substituents is 1. The predicted octanol–water partition coefficient (Wildman–Crippen LogP) is 4.79. The molecule has 0 saturated heterocycles. The number of rotatable bonds is 10. The largest absolute Gasteiger partial charge is 0.494 e. The molecule has 6 rings (SSSR count). The number of aromatic nitrogens is 3. The molecule has 0 saturated carbocycles. The van der Waals surface area contributed by atoms with E-state index in [0.29, 0.717) is 50.1 Å².